The normalized spacial score (nSPS) is 15.5. The van der Waals surface area contributed by atoms with Crippen LogP contribution in [0.15, 0.2) is 32.1 Å². The third kappa shape index (κ3) is 4.01. The monoisotopic (exact) mass is 458 g/mol. The lowest BCUT2D eigenvalue weighted by Gasteiger charge is -2.22. The number of sulfonamides is 1. The number of rotatable bonds is 6. The summed E-state index contributed by atoms with van der Waals surface area (Å²) in [5, 5.41) is 13.5. The Bertz CT molecular complexity index is 1220. The van der Waals surface area contributed by atoms with Gasteiger partial charge in [0.05, 0.1) is 22.5 Å². The molecule has 1 aromatic carbocycles. The molecule has 0 atom stereocenters. The van der Waals surface area contributed by atoms with Gasteiger partial charge in [-0.1, -0.05) is 21.9 Å². The summed E-state index contributed by atoms with van der Waals surface area (Å²) in [5.74, 6) is -1.64. The second kappa shape index (κ2) is 8.26. The minimum absolute atomic E-state index is 0.00527. The molecule has 0 bridgehead atoms. The van der Waals surface area contributed by atoms with E-state index in [1.807, 2.05) is 0 Å². The van der Waals surface area contributed by atoms with Crippen LogP contribution in [0.4, 0.5) is 4.39 Å². The maximum Gasteiger partial charge on any atom is 0.446 e. The van der Waals surface area contributed by atoms with Crippen LogP contribution in [0.2, 0.25) is 5.02 Å². The maximum absolute atomic E-state index is 13.5. The number of hydrogen-bond acceptors (Lipinski definition) is 9. The first-order valence-electron chi connectivity index (χ1n) is 8.92. The van der Waals surface area contributed by atoms with E-state index < -0.39 is 26.8 Å². The lowest BCUT2D eigenvalue weighted by atomic mass is 10.2. The zero-order valence-electron chi connectivity index (χ0n) is 15.3. The molecule has 160 valence electrons. The minimum atomic E-state index is -3.60. The Morgan fingerprint density at radius 1 is 1.27 bits per heavy atom. The molecule has 14 heteroatoms. The van der Waals surface area contributed by atoms with Gasteiger partial charge in [-0.2, -0.15) is 0 Å². The van der Waals surface area contributed by atoms with Crippen LogP contribution in [-0.2, 0) is 16.6 Å². The molecule has 2 N–H and O–H groups in total. The smallest absolute Gasteiger partial charge is 0.317 e. The van der Waals surface area contributed by atoms with Crippen LogP contribution in [-0.4, -0.2) is 46.8 Å². The molecule has 2 aromatic heterocycles. The molecule has 30 heavy (non-hydrogen) atoms. The number of benzene rings is 1. The van der Waals surface area contributed by atoms with Crippen LogP contribution in [0.1, 0.15) is 18.5 Å². The fourth-order valence-electron chi connectivity index (χ4n) is 3.14. The van der Waals surface area contributed by atoms with Crippen LogP contribution in [0.5, 0.6) is 0 Å². The Morgan fingerprint density at radius 2 is 2.03 bits per heavy atom. The van der Waals surface area contributed by atoms with Crippen molar-refractivity contribution in [3.05, 3.63) is 45.3 Å². The molecule has 0 saturated carbocycles. The fraction of sp³-hybridized carbons (Fsp3) is 0.375. The van der Waals surface area contributed by atoms with Crippen molar-refractivity contribution in [2.75, 3.05) is 13.1 Å². The molecule has 3 aromatic rings. The van der Waals surface area contributed by atoms with Crippen molar-refractivity contribution < 1.29 is 22.0 Å². The lowest BCUT2D eigenvalue weighted by molar-refractivity contribution is 0.303. The quantitative estimate of drug-likeness (QED) is 0.548. The molecule has 1 fully saturated rings. The Labute approximate surface area is 174 Å². The van der Waals surface area contributed by atoms with E-state index in [1.54, 1.807) is 0 Å². The van der Waals surface area contributed by atoms with Gasteiger partial charge in [-0.3, -0.25) is 4.52 Å². The zero-order chi connectivity index (χ0) is 21.3. The molecule has 0 radical (unpaired) electrons. The van der Waals surface area contributed by atoms with Crippen molar-refractivity contribution in [1.29, 1.82) is 0 Å². The van der Waals surface area contributed by atoms with Crippen LogP contribution in [0.3, 0.4) is 0 Å². The highest BCUT2D eigenvalue weighted by Gasteiger charge is 2.29. The molecule has 1 aliphatic heterocycles. The van der Waals surface area contributed by atoms with E-state index in [0.717, 1.165) is 10.6 Å². The van der Waals surface area contributed by atoms with Gasteiger partial charge in [0, 0.05) is 0 Å². The molecule has 0 unspecified atom stereocenters. The van der Waals surface area contributed by atoms with E-state index in [-0.39, 0.29) is 34.5 Å². The van der Waals surface area contributed by atoms with E-state index in [4.69, 9.17) is 20.8 Å². The van der Waals surface area contributed by atoms with Gasteiger partial charge < -0.3 is 5.32 Å². The van der Waals surface area contributed by atoms with Crippen molar-refractivity contribution in [2.24, 2.45) is 0 Å². The molecule has 1 saturated heterocycles. The van der Waals surface area contributed by atoms with Gasteiger partial charge in [0.1, 0.15) is 11.5 Å². The van der Waals surface area contributed by atoms with E-state index in [9.17, 15) is 17.6 Å². The number of hydrogen-bond donors (Lipinski definition) is 2. The molecule has 3 heterocycles. The second-order valence-corrected chi connectivity index (χ2v) is 9.03. The molecule has 11 nitrogen and oxygen atoms in total. The number of nitrogens with zero attached hydrogens (tertiary/aromatic N) is 4. The number of halogens is 2. The standard InChI is InChI=1S/C16H16ClFN6O5S/c17-11-7-9(1-2-12(11)18)24-15(23-28-16(24)25)14-13(21-29-22-14)8-20-30(26,27)10-3-5-19-6-4-10/h1-2,7,10,19-20H,3-6,8H2. The maximum atomic E-state index is 13.5. The predicted molar refractivity (Wildman–Crippen MR) is 102 cm³/mol. The lowest BCUT2D eigenvalue weighted by Crippen LogP contribution is -2.41. The first-order chi connectivity index (χ1) is 14.4. The van der Waals surface area contributed by atoms with Gasteiger partial charge in [0.25, 0.3) is 0 Å². The molecular weight excluding hydrogens is 443 g/mol. The first kappa shape index (κ1) is 20.7. The summed E-state index contributed by atoms with van der Waals surface area (Å²) in [4.78, 5) is 12.2. The van der Waals surface area contributed by atoms with Crippen LogP contribution < -0.4 is 15.8 Å². The summed E-state index contributed by atoms with van der Waals surface area (Å²) < 4.78 is 51.5. The summed E-state index contributed by atoms with van der Waals surface area (Å²) in [6.45, 7) is 1.01. The fourth-order valence-corrected chi connectivity index (χ4v) is 4.74. The highest BCUT2D eigenvalue weighted by atomic mass is 35.5. The Hall–Kier alpha value is -2.61. The van der Waals surface area contributed by atoms with E-state index in [0.29, 0.717) is 25.9 Å². The van der Waals surface area contributed by atoms with Crippen LogP contribution >= 0.6 is 11.6 Å². The predicted octanol–water partition coefficient (Wildman–Crippen LogP) is 0.839. The topological polar surface area (TPSA) is 145 Å². The third-order valence-electron chi connectivity index (χ3n) is 4.70. The van der Waals surface area contributed by atoms with E-state index in [2.05, 4.69) is 25.5 Å². The molecule has 0 amide bonds. The molecular formula is C16H16ClFN6O5S. The van der Waals surface area contributed by atoms with E-state index in [1.165, 1.54) is 12.1 Å². The van der Waals surface area contributed by atoms with Gasteiger partial charge in [-0.15, -0.1) is 0 Å². The minimum Gasteiger partial charge on any atom is -0.317 e. The van der Waals surface area contributed by atoms with Gasteiger partial charge in [-0.05, 0) is 49.3 Å². The van der Waals surface area contributed by atoms with Crippen molar-refractivity contribution in [1.82, 2.24) is 30.1 Å². The Morgan fingerprint density at radius 3 is 2.77 bits per heavy atom. The molecule has 0 aliphatic carbocycles. The summed E-state index contributed by atoms with van der Waals surface area (Å²) in [5.41, 5.74) is 0.268. The average molecular weight is 459 g/mol. The van der Waals surface area contributed by atoms with Crippen LogP contribution in [0.25, 0.3) is 17.2 Å². The molecule has 4 rings (SSSR count). The first-order valence-corrected chi connectivity index (χ1v) is 10.8. The Balaban J connectivity index is 1.62. The van der Waals surface area contributed by atoms with Crippen molar-refractivity contribution in [3.8, 4) is 17.2 Å². The van der Waals surface area contributed by atoms with Crippen molar-refractivity contribution >= 4 is 21.6 Å². The summed E-state index contributed by atoms with van der Waals surface area (Å²) >= 11 is 5.80. The molecule has 0 spiro atoms. The zero-order valence-corrected chi connectivity index (χ0v) is 16.9. The van der Waals surface area contributed by atoms with Gasteiger partial charge >= 0.3 is 5.76 Å². The SMILES string of the molecule is O=c1onc(-c2nonc2CNS(=O)(=O)C2CCNCC2)n1-c1ccc(F)c(Cl)c1. The van der Waals surface area contributed by atoms with Crippen molar-refractivity contribution in [3.63, 3.8) is 0 Å². The average Bonchev–Trinajstić information content (AvgIpc) is 3.35. The highest BCUT2D eigenvalue weighted by Crippen LogP contribution is 2.24. The third-order valence-corrected chi connectivity index (χ3v) is 6.89. The summed E-state index contributed by atoms with van der Waals surface area (Å²) in [6, 6.07) is 3.60. The van der Waals surface area contributed by atoms with E-state index >= 15 is 0 Å². The summed E-state index contributed by atoms with van der Waals surface area (Å²) in [7, 11) is -3.60. The van der Waals surface area contributed by atoms with Crippen molar-refractivity contribution in [2.45, 2.75) is 24.6 Å². The molecule has 1 aliphatic rings. The number of aromatic nitrogens is 4. The second-order valence-electron chi connectivity index (χ2n) is 6.58. The van der Waals surface area contributed by atoms with Crippen LogP contribution in [0, 0.1) is 5.82 Å². The highest BCUT2D eigenvalue weighted by molar-refractivity contribution is 7.90. The largest absolute Gasteiger partial charge is 0.446 e. The van der Waals surface area contributed by atoms with Gasteiger partial charge in [0.2, 0.25) is 15.8 Å². The Kier molecular flexibility index (Phi) is 5.69. The summed E-state index contributed by atoms with van der Waals surface area (Å²) in [6.07, 6.45) is 0.987. The number of piperidine rings is 1. The van der Waals surface area contributed by atoms with Gasteiger partial charge in [0.15, 0.2) is 5.69 Å². The number of nitrogens with one attached hydrogen (secondary N) is 2. The van der Waals surface area contributed by atoms with Gasteiger partial charge in [-0.25, -0.2) is 31.5 Å².